The third-order valence-electron chi connectivity index (χ3n) is 4.11. The number of aromatic nitrogens is 1. The minimum Gasteiger partial charge on any atom is -0.468 e. The summed E-state index contributed by atoms with van der Waals surface area (Å²) in [5, 5.41) is 1.69. The number of rotatable bonds is 6. The van der Waals surface area contributed by atoms with Crippen molar-refractivity contribution in [1.82, 2.24) is 9.88 Å². The van der Waals surface area contributed by atoms with E-state index < -0.39 is 0 Å². The Morgan fingerprint density at radius 2 is 1.56 bits per heavy atom. The first-order valence-electron chi connectivity index (χ1n) is 8.09. The van der Waals surface area contributed by atoms with E-state index in [0.717, 1.165) is 33.0 Å². The lowest BCUT2D eigenvalue weighted by Gasteiger charge is -2.21. The van der Waals surface area contributed by atoms with Gasteiger partial charge in [-0.15, -0.1) is 0 Å². The second-order valence-electron chi connectivity index (χ2n) is 5.91. The molecule has 3 heterocycles. The lowest BCUT2D eigenvalue weighted by Crippen LogP contribution is -2.22. The Kier molecular flexibility index (Phi) is 4.55. The fourth-order valence-electron chi connectivity index (χ4n) is 2.98. The molecule has 0 aliphatic rings. The molecule has 4 nitrogen and oxygen atoms in total. The normalized spacial score (nSPS) is 11.4. The second kappa shape index (κ2) is 7.13. The number of furan rings is 2. The molecule has 0 spiro atoms. The van der Waals surface area contributed by atoms with Gasteiger partial charge < -0.3 is 8.83 Å². The van der Waals surface area contributed by atoms with Crippen LogP contribution in [0.15, 0.2) is 76.1 Å². The topological polar surface area (TPSA) is 42.4 Å². The third kappa shape index (κ3) is 3.60. The number of pyridine rings is 1. The SMILES string of the molecule is Clc1ccc(CN(Cc2ccco2)Cc2ccco2)c2ncccc12. The van der Waals surface area contributed by atoms with Crippen molar-refractivity contribution in [2.24, 2.45) is 0 Å². The fraction of sp³-hybridized carbons (Fsp3) is 0.150. The molecule has 4 rings (SSSR count). The summed E-state index contributed by atoms with van der Waals surface area (Å²) in [5.41, 5.74) is 2.05. The summed E-state index contributed by atoms with van der Waals surface area (Å²) in [6, 6.07) is 15.6. The summed E-state index contributed by atoms with van der Waals surface area (Å²) < 4.78 is 11.0. The number of fused-ring (bicyclic) bond motifs is 1. The second-order valence-corrected chi connectivity index (χ2v) is 6.32. The van der Waals surface area contributed by atoms with Crippen LogP contribution in [0, 0.1) is 0 Å². The molecule has 5 heteroatoms. The number of halogens is 1. The van der Waals surface area contributed by atoms with Crippen LogP contribution in [-0.4, -0.2) is 9.88 Å². The van der Waals surface area contributed by atoms with E-state index in [2.05, 4.69) is 9.88 Å². The molecule has 0 unspecified atom stereocenters. The van der Waals surface area contributed by atoms with Crippen LogP contribution in [0.5, 0.6) is 0 Å². The average molecular weight is 353 g/mol. The maximum absolute atomic E-state index is 6.31. The molecule has 0 bridgehead atoms. The molecule has 0 aliphatic heterocycles. The molecular formula is C20H17ClN2O2. The quantitative estimate of drug-likeness (QED) is 0.473. The Bertz CT molecular complexity index is 913. The zero-order chi connectivity index (χ0) is 17.1. The molecule has 0 aliphatic carbocycles. The molecule has 25 heavy (non-hydrogen) atoms. The smallest absolute Gasteiger partial charge is 0.117 e. The van der Waals surface area contributed by atoms with Gasteiger partial charge in [-0.25, -0.2) is 0 Å². The van der Waals surface area contributed by atoms with E-state index in [-0.39, 0.29) is 0 Å². The van der Waals surface area contributed by atoms with Gasteiger partial charge >= 0.3 is 0 Å². The van der Waals surface area contributed by atoms with Crippen LogP contribution in [0.3, 0.4) is 0 Å². The van der Waals surface area contributed by atoms with Crippen LogP contribution in [0.4, 0.5) is 0 Å². The van der Waals surface area contributed by atoms with Gasteiger partial charge in [0.1, 0.15) is 11.5 Å². The van der Waals surface area contributed by atoms with E-state index >= 15 is 0 Å². The highest BCUT2D eigenvalue weighted by molar-refractivity contribution is 6.35. The summed E-state index contributed by atoms with van der Waals surface area (Å²) in [5.74, 6) is 1.83. The largest absolute Gasteiger partial charge is 0.468 e. The van der Waals surface area contributed by atoms with Crippen LogP contribution in [-0.2, 0) is 19.6 Å². The van der Waals surface area contributed by atoms with E-state index in [1.165, 1.54) is 0 Å². The first kappa shape index (κ1) is 15.9. The van der Waals surface area contributed by atoms with E-state index in [0.29, 0.717) is 19.6 Å². The molecule has 126 valence electrons. The minimum atomic E-state index is 0.685. The minimum absolute atomic E-state index is 0.685. The van der Waals surface area contributed by atoms with Crippen molar-refractivity contribution < 1.29 is 8.83 Å². The van der Waals surface area contributed by atoms with E-state index in [4.69, 9.17) is 20.4 Å². The number of hydrogen-bond acceptors (Lipinski definition) is 4. The molecule has 0 saturated heterocycles. The van der Waals surface area contributed by atoms with Crippen molar-refractivity contribution in [3.63, 3.8) is 0 Å². The van der Waals surface area contributed by atoms with Gasteiger partial charge in [-0.2, -0.15) is 0 Å². The van der Waals surface area contributed by atoms with Crippen LogP contribution in [0.25, 0.3) is 10.9 Å². The molecule has 0 N–H and O–H groups in total. The number of nitrogens with zero attached hydrogens (tertiary/aromatic N) is 2. The lowest BCUT2D eigenvalue weighted by molar-refractivity contribution is 0.210. The molecular weight excluding hydrogens is 336 g/mol. The van der Waals surface area contributed by atoms with Gasteiger partial charge in [0.25, 0.3) is 0 Å². The van der Waals surface area contributed by atoms with E-state index in [1.807, 2.05) is 48.5 Å². The fourth-order valence-corrected chi connectivity index (χ4v) is 3.19. The van der Waals surface area contributed by atoms with Gasteiger partial charge in [0, 0.05) is 23.2 Å². The van der Waals surface area contributed by atoms with Crippen LogP contribution in [0.2, 0.25) is 5.02 Å². The third-order valence-corrected chi connectivity index (χ3v) is 4.44. The summed E-state index contributed by atoms with van der Waals surface area (Å²) in [6.07, 6.45) is 5.19. The molecule has 0 radical (unpaired) electrons. The first-order valence-corrected chi connectivity index (χ1v) is 8.46. The zero-order valence-corrected chi connectivity index (χ0v) is 14.3. The molecule has 4 aromatic rings. The zero-order valence-electron chi connectivity index (χ0n) is 13.6. The number of hydrogen-bond donors (Lipinski definition) is 0. The summed E-state index contributed by atoms with van der Waals surface area (Å²) in [6.45, 7) is 2.08. The van der Waals surface area contributed by atoms with E-state index in [1.54, 1.807) is 18.7 Å². The van der Waals surface area contributed by atoms with Crippen molar-refractivity contribution in [2.45, 2.75) is 19.6 Å². The number of benzene rings is 1. The monoisotopic (exact) mass is 352 g/mol. The van der Waals surface area contributed by atoms with Gasteiger partial charge in [-0.05, 0) is 48.0 Å². The van der Waals surface area contributed by atoms with Gasteiger partial charge in [-0.1, -0.05) is 17.7 Å². The molecule has 0 saturated carbocycles. The Balaban J connectivity index is 1.65. The van der Waals surface area contributed by atoms with Gasteiger partial charge in [0.15, 0.2) is 0 Å². The predicted octanol–water partition coefficient (Wildman–Crippen LogP) is 5.28. The van der Waals surface area contributed by atoms with E-state index in [9.17, 15) is 0 Å². The van der Waals surface area contributed by atoms with Crippen molar-refractivity contribution in [3.8, 4) is 0 Å². The highest BCUT2D eigenvalue weighted by atomic mass is 35.5. The Morgan fingerprint density at radius 1 is 0.840 bits per heavy atom. The van der Waals surface area contributed by atoms with Gasteiger partial charge in [0.05, 0.1) is 31.1 Å². The average Bonchev–Trinajstić information content (AvgIpc) is 3.32. The highest BCUT2D eigenvalue weighted by Crippen LogP contribution is 2.26. The Labute approximate surface area is 150 Å². The van der Waals surface area contributed by atoms with Crippen molar-refractivity contribution >= 4 is 22.5 Å². The van der Waals surface area contributed by atoms with Crippen molar-refractivity contribution in [1.29, 1.82) is 0 Å². The standard InChI is InChI=1S/C20H17ClN2O2/c21-19-8-7-15(20-18(19)6-1-9-22-20)12-23(13-16-4-2-10-24-16)14-17-5-3-11-25-17/h1-11H,12-14H2. The Morgan fingerprint density at radius 3 is 2.20 bits per heavy atom. The van der Waals surface area contributed by atoms with Crippen LogP contribution >= 0.6 is 11.6 Å². The molecule has 0 atom stereocenters. The Hall–Kier alpha value is -2.56. The van der Waals surface area contributed by atoms with Crippen LogP contribution in [0.1, 0.15) is 17.1 Å². The van der Waals surface area contributed by atoms with Crippen molar-refractivity contribution in [3.05, 3.63) is 89.4 Å². The molecule has 1 aromatic carbocycles. The van der Waals surface area contributed by atoms with Gasteiger partial charge in [0.2, 0.25) is 0 Å². The van der Waals surface area contributed by atoms with Gasteiger partial charge in [-0.3, -0.25) is 9.88 Å². The predicted molar refractivity (Wildman–Crippen MR) is 97.1 cm³/mol. The molecule has 3 aromatic heterocycles. The summed E-state index contributed by atoms with van der Waals surface area (Å²) >= 11 is 6.31. The maximum atomic E-state index is 6.31. The van der Waals surface area contributed by atoms with Crippen molar-refractivity contribution in [2.75, 3.05) is 0 Å². The maximum Gasteiger partial charge on any atom is 0.117 e. The van der Waals surface area contributed by atoms with Crippen LogP contribution < -0.4 is 0 Å². The molecule has 0 fully saturated rings. The summed E-state index contributed by atoms with van der Waals surface area (Å²) in [4.78, 5) is 6.79. The first-order chi connectivity index (χ1) is 12.3. The lowest BCUT2D eigenvalue weighted by atomic mass is 10.1. The highest BCUT2D eigenvalue weighted by Gasteiger charge is 2.14. The summed E-state index contributed by atoms with van der Waals surface area (Å²) in [7, 11) is 0. The molecule has 0 amide bonds.